The van der Waals surface area contributed by atoms with Crippen LogP contribution in [0.3, 0.4) is 0 Å². The molecule has 0 saturated heterocycles. The van der Waals surface area contributed by atoms with E-state index in [1.807, 2.05) is 7.11 Å². The number of ether oxygens (including phenoxy) is 2. The van der Waals surface area contributed by atoms with Gasteiger partial charge >= 0.3 is 0 Å². The smallest absolute Gasteiger partial charge is 0.0621 e. The van der Waals surface area contributed by atoms with Crippen molar-refractivity contribution in [1.29, 1.82) is 0 Å². The Morgan fingerprint density at radius 1 is 0.765 bits per heavy atom. The summed E-state index contributed by atoms with van der Waals surface area (Å²) in [5.41, 5.74) is 0. The molecule has 0 aliphatic rings. The van der Waals surface area contributed by atoms with Crippen LogP contribution in [0.15, 0.2) is 0 Å². The highest BCUT2D eigenvalue weighted by Crippen LogP contribution is 2.22. The summed E-state index contributed by atoms with van der Waals surface area (Å²) in [7, 11) is 3.63. The van der Waals surface area contributed by atoms with Crippen LogP contribution in [0, 0.1) is 17.8 Å². The van der Waals surface area contributed by atoms with Crippen LogP contribution in [0.2, 0.25) is 0 Å². The van der Waals surface area contributed by atoms with Crippen LogP contribution in [-0.4, -0.2) is 26.9 Å². The van der Waals surface area contributed by atoms with Crippen molar-refractivity contribution in [3.05, 3.63) is 0 Å². The predicted octanol–water partition coefficient (Wildman–Crippen LogP) is 4.14. The lowest BCUT2D eigenvalue weighted by atomic mass is 9.90. The van der Waals surface area contributed by atoms with Crippen LogP contribution >= 0.6 is 0 Å². The van der Waals surface area contributed by atoms with E-state index in [4.69, 9.17) is 9.47 Å². The molecule has 0 fully saturated rings. The number of hydrogen-bond acceptors (Lipinski definition) is 2. The van der Waals surface area contributed by atoms with Gasteiger partial charge in [0.25, 0.3) is 0 Å². The van der Waals surface area contributed by atoms with Crippen molar-refractivity contribution < 1.29 is 9.47 Å². The summed E-state index contributed by atoms with van der Waals surface area (Å²) in [6, 6.07) is 0. The third-order valence-corrected chi connectivity index (χ3v) is 3.35. The van der Waals surface area contributed by atoms with Crippen LogP contribution in [0.5, 0.6) is 0 Å². The van der Waals surface area contributed by atoms with E-state index in [9.17, 15) is 0 Å². The molecule has 0 aromatic heterocycles. The lowest BCUT2D eigenvalue weighted by Gasteiger charge is -2.26. The van der Waals surface area contributed by atoms with Crippen molar-refractivity contribution in [1.82, 2.24) is 0 Å². The van der Waals surface area contributed by atoms with Crippen molar-refractivity contribution in [2.75, 3.05) is 20.8 Å². The van der Waals surface area contributed by atoms with Crippen LogP contribution in [0.4, 0.5) is 0 Å². The van der Waals surface area contributed by atoms with Crippen molar-refractivity contribution in [2.24, 2.45) is 17.8 Å². The topological polar surface area (TPSA) is 18.5 Å². The highest BCUT2D eigenvalue weighted by atomic mass is 16.5. The summed E-state index contributed by atoms with van der Waals surface area (Å²) in [6.07, 6.45) is 5.22. The summed E-state index contributed by atoms with van der Waals surface area (Å²) >= 11 is 0. The number of methoxy groups -OCH3 is 2. The van der Waals surface area contributed by atoms with Crippen LogP contribution in [0.1, 0.15) is 53.4 Å². The summed E-state index contributed by atoms with van der Waals surface area (Å²) in [4.78, 5) is 0. The third-order valence-electron chi connectivity index (χ3n) is 3.35. The van der Waals surface area contributed by atoms with E-state index in [1.165, 1.54) is 19.3 Å². The zero-order chi connectivity index (χ0) is 13.3. The van der Waals surface area contributed by atoms with E-state index in [2.05, 4.69) is 27.7 Å². The molecule has 0 bridgehead atoms. The van der Waals surface area contributed by atoms with Crippen molar-refractivity contribution >= 4 is 0 Å². The average Bonchev–Trinajstić information content (AvgIpc) is 2.25. The largest absolute Gasteiger partial charge is 0.384 e. The quantitative estimate of drug-likeness (QED) is 0.575. The maximum absolute atomic E-state index is 5.67. The van der Waals surface area contributed by atoms with Crippen LogP contribution in [0.25, 0.3) is 0 Å². The highest BCUT2D eigenvalue weighted by molar-refractivity contribution is 4.71. The Morgan fingerprint density at radius 3 is 1.71 bits per heavy atom. The summed E-state index contributed by atoms with van der Waals surface area (Å²) < 4.78 is 11.0. The molecule has 0 saturated carbocycles. The first kappa shape index (κ1) is 16.9. The molecule has 0 aromatic rings. The second kappa shape index (κ2) is 9.90. The van der Waals surface area contributed by atoms with Gasteiger partial charge in [-0.1, -0.05) is 34.1 Å². The molecule has 0 radical (unpaired) electrons. The molecule has 2 atom stereocenters. The van der Waals surface area contributed by atoms with E-state index in [0.29, 0.717) is 12.0 Å². The van der Waals surface area contributed by atoms with Gasteiger partial charge in [-0.2, -0.15) is 0 Å². The van der Waals surface area contributed by atoms with Gasteiger partial charge in [-0.3, -0.25) is 0 Å². The standard InChI is InChI=1S/C15H32O2/c1-12(2)7-9-14(11-16-5)15(17-6)10-8-13(3)4/h12-15H,7-11H2,1-6H3. The highest BCUT2D eigenvalue weighted by Gasteiger charge is 2.21. The molecule has 2 unspecified atom stereocenters. The van der Waals surface area contributed by atoms with Gasteiger partial charge in [0.2, 0.25) is 0 Å². The number of hydrogen-bond donors (Lipinski definition) is 0. The first-order chi connectivity index (χ1) is 8.01. The molecule has 0 amide bonds. The molecule has 0 rings (SSSR count). The van der Waals surface area contributed by atoms with Crippen molar-refractivity contribution in [2.45, 2.75) is 59.5 Å². The lowest BCUT2D eigenvalue weighted by molar-refractivity contribution is 0.00139. The van der Waals surface area contributed by atoms with Gasteiger partial charge in [0.1, 0.15) is 0 Å². The van der Waals surface area contributed by atoms with E-state index in [1.54, 1.807) is 7.11 Å². The van der Waals surface area contributed by atoms with Gasteiger partial charge < -0.3 is 9.47 Å². The molecule has 0 N–H and O–H groups in total. The molecule has 0 aliphatic carbocycles. The molecular weight excluding hydrogens is 212 g/mol. The van der Waals surface area contributed by atoms with Gasteiger partial charge in [-0.15, -0.1) is 0 Å². The lowest BCUT2D eigenvalue weighted by Crippen LogP contribution is -2.27. The van der Waals surface area contributed by atoms with Gasteiger partial charge in [0.05, 0.1) is 12.7 Å². The first-order valence-electron chi connectivity index (χ1n) is 7.02. The summed E-state index contributed by atoms with van der Waals surface area (Å²) in [5, 5.41) is 0. The van der Waals surface area contributed by atoms with E-state index >= 15 is 0 Å². The Hall–Kier alpha value is -0.0800. The molecule has 0 spiro atoms. The monoisotopic (exact) mass is 244 g/mol. The Labute approximate surface area is 108 Å². The molecule has 0 heterocycles. The summed E-state index contributed by atoms with van der Waals surface area (Å²) in [5.74, 6) is 2.06. The Bertz CT molecular complexity index is 166. The minimum Gasteiger partial charge on any atom is -0.384 e. The normalized spacial score (nSPS) is 15.5. The van der Waals surface area contributed by atoms with E-state index in [-0.39, 0.29) is 0 Å². The molecule has 0 aliphatic heterocycles. The van der Waals surface area contributed by atoms with Gasteiger partial charge in [-0.25, -0.2) is 0 Å². The Kier molecular flexibility index (Phi) is 9.85. The van der Waals surface area contributed by atoms with Gasteiger partial charge in [0, 0.05) is 20.1 Å². The predicted molar refractivity (Wildman–Crippen MR) is 74.3 cm³/mol. The number of rotatable bonds is 10. The molecular formula is C15H32O2. The van der Waals surface area contributed by atoms with Crippen molar-refractivity contribution in [3.8, 4) is 0 Å². The molecule has 104 valence electrons. The second-order valence-corrected chi connectivity index (χ2v) is 5.93. The zero-order valence-electron chi connectivity index (χ0n) is 12.7. The minimum atomic E-state index is 0.357. The molecule has 2 nitrogen and oxygen atoms in total. The maximum atomic E-state index is 5.67. The zero-order valence-corrected chi connectivity index (χ0v) is 12.7. The van der Waals surface area contributed by atoms with Crippen molar-refractivity contribution in [3.63, 3.8) is 0 Å². The third kappa shape index (κ3) is 8.62. The van der Waals surface area contributed by atoms with Crippen LogP contribution in [-0.2, 0) is 9.47 Å². The Balaban J connectivity index is 4.19. The maximum Gasteiger partial charge on any atom is 0.0621 e. The van der Waals surface area contributed by atoms with E-state index in [0.717, 1.165) is 24.9 Å². The fourth-order valence-corrected chi connectivity index (χ4v) is 2.18. The SMILES string of the molecule is COCC(CCC(C)C)C(CCC(C)C)OC. The first-order valence-corrected chi connectivity index (χ1v) is 7.02. The Morgan fingerprint density at radius 2 is 1.29 bits per heavy atom. The minimum absolute atomic E-state index is 0.357. The van der Waals surface area contributed by atoms with Gasteiger partial charge in [-0.05, 0) is 31.1 Å². The fraction of sp³-hybridized carbons (Fsp3) is 1.00. The average molecular weight is 244 g/mol. The second-order valence-electron chi connectivity index (χ2n) is 5.93. The van der Waals surface area contributed by atoms with Crippen LogP contribution < -0.4 is 0 Å². The molecule has 17 heavy (non-hydrogen) atoms. The van der Waals surface area contributed by atoms with Gasteiger partial charge in [0.15, 0.2) is 0 Å². The fourth-order valence-electron chi connectivity index (χ4n) is 2.18. The summed E-state index contributed by atoms with van der Waals surface area (Å²) in [6.45, 7) is 9.92. The molecule has 2 heteroatoms. The molecule has 0 aromatic carbocycles. The van der Waals surface area contributed by atoms with E-state index < -0.39 is 0 Å².